The number of amides is 1. The molecule has 2 rings (SSSR count). The van der Waals surface area contributed by atoms with Crippen LogP contribution in [0.3, 0.4) is 0 Å². The van der Waals surface area contributed by atoms with Crippen LogP contribution in [0, 0.1) is 5.92 Å². The molecule has 144 valence electrons. The van der Waals surface area contributed by atoms with Crippen molar-refractivity contribution in [1.82, 2.24) is 0 Å². The molecule has 1 atom stereocenters. The lowest BCUT2D eigenvalue weighted by Crippen LogP contribution is -2.16. The Kier molecular flexibility index (Phi) is 7.49. The van der Waals surface area contributed by atoms with Crippen molar-refractivity contribution in [3.05, 3.63) is 53.1 Å². The molecule has 0 aromatic heterocycles. The van der Waals surface area contributed by atoms with Crippen LogP contribution in [0.2, 0.25) is 5.02 Å². The van der Waals surface area contributed by atoms with E-state index in [2.05, 4.69) is 5.32 Å². The van der Waals surface area contributed by atoms with Gasteiger partial charge in [-0.2, -0.15) is 0 Å². The summed E-state index contributed by atoms with van der Waals surface area (Å²) in [7, 11) is 1.63. The summed E-state index contributed by atoms with van der Waals surface area (Å²) in [5, 5.41) is 11.7. The molecule has 0 fully saturated rings. The van der Waals surface area contributed by atoms with E-state index in [1.165, 1.54) is 12.1 Å². The molecule has 2 aromatic rings. The Morgan fingerprint density at radius 2 is 1.93 bits per heavy atom. The SMILES string of the molecule is COc1ccccc1CC(C)CC(=O)Nc1ccc(OCC(=O)O)c(Cl)c1. The Morgan fingerprint density at radius 3 is 2.59 bits per heavy atom. The predicted molar refractivity (Wildman–Crippen MR) is 104 cm³/mol. The molecule has 0 saturated heterocycles. The van der Waals surface area contributed by atoms with Crippen molar-refractivity contribution in [1.29, 1.82) is 0 Å². The zero-order chi connectivity index (χ0) is 19.8. The van der Waals surface area contributed by atoms with E-state index in [4.69, 9.17) is 26.2 Å². The van der Waals surface area contributed by atoms with Gasteiger partial charge in [0, 0.05) is 12.1 Å². The molecule has 2 aromatic carbocycles. The number of carbonyl (C=O) groups excluding carboxylic acids is 1. The quantitative estimate of drug-likeness (QED) is 0.674. The maximum atomic E-state index is 12.3. The lowest BCUT2D eigenvalue weighted by molar-refractivity contribution is -0.139. The first-order valence-electron chi connectivity index (χ1n) is 8.45. The monoisotopic (exact) mass is 391 g/mol. The number of hydrogen-bond acceptors (Lipinski definition) is 4. The van der Waals surface area contributed by atoms with Crippen LogP contribution in [-0.4, -0.2) is 30.7 Å². The third-order valence-corrected chi connectivity index (χ3v) is 4.16. The van der Waals surface area contributed by atoms with Gasteiger partial charge < -0.3 is 19.9 Å². The first-order chi connectivity index (χ1) is 12.9. The lowest BCUT2D eigenvalue weighted by atomic mass is 9.97. The summed E-state index contributed by atoms with van der Waals surface area (Å²) in [5.41, 5.74) is 1.58. The Bertz CT molecular complexity index is 809. The van der Waals surface area contributed by atoms with E-state index in [1.54, 1.807) is 13.2 Å². The second kappa shape index (κ2) is 9.83. The van der Waals surface area contributed by atoms with Gasteiger partial charge in [-0.1, -0.05) is 36.7 Å². The fraction of sp³-hybridized carbons (Fsp3) is 0.300. The van der Waals surface area contributed by atoms with Crippen molar-refractivity contribution in [2.75, 3.05) is 19.0 Å². The standard InChI is InChI=1S/C20H22ClNO5/c1-13(9-14-5-3-4-6-17(14)26-2)10-19(23)22-15-7-8-18(16(21)11-15)27-12-20(24)25/h3-8,11,13H,9-10,12H2,1-2H3,(H,22,23)(H,24,25). The van der Waals surface area contributed by atoms with Crippen LogP contribution in [0.4, 0.5) is 5.69 Å². The van der Waals surface area contributed by atoms with Gasteiger partial charge in [-0.3, -0.25) is 4.79 Å². The summed E-state index contributed by atoms with van der Waals surface area (Å²) in [6.07, 6.45) is 1.06. The minimum atomic E-state index is -1.09. The van der Waals surface area contributed by atoms with Gasteiger partial charge in [0.05, 0.1) is 12.1 Å². The molecule has 27 heavy (non-hydrogen) atoms. The van der Waals surface area contributed by atoms with Gasteiger partial charge >= 0.3 is 5.97 Å². The van der Waals surface area contributed by atoms with Gasteiger partial charge in [0.2, 0.25) is 5.91 Å². The summed E-state index contributed by atoms with van der Waals surface area (Å²) < 4.78 is 10.4. The zero-order valence-electron chi connectivity index (χ0n) is 15.2. The van der Waals surface area contributed by atoms with E-state index >= 15 is 0 Å². The number of aliphatic carboxylic acids is 1. The Labute approximate surface area is 163 Å². The van der Waals surface area contributed by atoms with E-state index in [0.717, 1.165) is 17.7 Å². The Hall–Kier alpha value is -2.73. The lowest BCUT2D eigenvalue weighted by Gasteiger charge is -2.14. The first-order valence-corrected chi connectivity index (χ1v) is 8.82. The fourth-order valence-corrected chi connectivity index (χ4v) is 2.92. The Balaban J connectivity index is 1.91. The number of ether oxygens (including phenoxy) is 2. The summed E-state index contributed by atoms with van der Waals surface area (Å²) in [4.78, 5) is 22.8. The molecule has 0 aliphatic carbocycles. The summed E-state index contributed by atoms with van der Waals surface area (Å²) in [6.45, 7) is 1.52. The number of benzene rings is 2. The maximum Gasteiger partial charge on any atom is 0.341 e. The van der Waals surface area contributed by atoms with Crippen LogP contribution >= 0.6 is 11.6 Å². The molecule has 6 nitrogen and oxygen atoms in total. The molecule has 0 radical (unpaired) electrons. The molecule has 0 heterocycles. The minimum absolute atomic E-state index is 0.120. The van der Waals surface area contributed by atoms with E-state index in [1.807, 2.05) is 31.2 Å². The number of hydrogen-bond donors (Lipinski definition) is 2. The van der Waals surface area contributed by atoms with Gasteiger partial charge in [0.25, 0.3) is 0 Å². The van der Waals surface area contributed by atoms with Crippen LogP contribution in [0.1, 0.15) is 18.9 Å². The van der Waals surface area contributed by atoms with Crippen LogP contribution in [0.15, 0.2) is 42.5 Å². The summed E-state index contributed by atoms with van der Waals surface area (Å²) in [5.74, 6) is -0.0369. The van der Waals surface area contributed by atoms with E-state index in [9.17, 15) is 9.59 Å². The number of rotatable bonds is 9. The highest BCUT2D eigenvalue weighted by atomic mass is 35.5. The Morgan fingerprint density at radius 1 is 1.19 bits per heavy atom. The van der Waals surface area contributed by atoms with Gasteiger partial charge in [-0.15, -0.1) is 0 Å². The minimum Gasteiger partial charge on any atom is -0.496 e. The van der Waals surface area contributed by atoms with Crippen molar-refractivity contribution in [3.63, 3.8) is 0 Å². The number of anilines is 1. The first kappa shape index (κ1) is 20.6. The number of nitrogens with one attached hydrogen (secondary N) is 1. The zero-order valence-corrected chi connectivity index (χ0v) is 16.0. The largest absolute Gasteiger partial charge is 0.496 e. The van der Waals surface area contributed by atoms with Crippen molar-refractivity contribution in [3.8, 4) is 11.5 Å². The van der Waals surface area contributed by atoms with E-state index < -0.39 is 12.6 Å². The number of halogens is 1. The summed E-state index contributed by atoms with van der Waals surface area (Å²) in [6, 6.07) is 12.4. The maximum absolute atomic E-state index is 12.3. The van der Waals surface area contributed by atoms with Gasteiger partial charge in [-0.05, 0) is 42.2 Å². The topological polar surface area (TPSA) is 84.9 Å². The van der Waals surface area contributed by atoms with Crippen LogP contribution in [-0.2, 0) is 16.0 Å². The molecule has 1 unspecified atom stereocenters. The molecule has 0 aliphatic heterocycles. The van der Waals surface area contributed by atoms with Crippen LogP contribution < -0.4 is 14.8 Å². The normalized spacial score (nSPS) is 11.5. The number of carboxylic acid groups (broad SMARTS) is 1. The van der Waals surface area contributed by atoms with Gasteiger partial charge in [0.1, 0.15) is 11.5 Å². The van der Waals surface area contributed by atoms with Crippen molar-refractivity contribution >= 4 is 29.2 Å². The third-order valence-electron chi connectivity index (χ3n) is 3.86. The summed E-state index contributed by atoms with van der Waals surface area (Å²) >= 11 is 6.06. The molecule has 1 amide bonds. The fourth-order valence-electron chi connectivity index (χ4n) is 2.68. The highest BCUT2D eigenvalue weighted by Gasteiger charge is 2.13. The molecule has 0 bridgehead atoms. The molecule has 0 spiro atoms. The number of carbonyl (C=O) groups is 2. The van der Waals surface area contributed by atoms with Crippen molar-refractivity contribution in [2.45, 2.75) is 19.8 Å². The van der Waals surface area contributed by atoms with E-state index in [0.29, 0.717) is 12.1 Å². The average Bonchev–Trinajstić information content (AvgIpc) is 2.61. The van der Waals surface area contributed by atoms with Gasteiger partial charge in [-0.25, -0.2) is 4.79 Å². The van der Waals surface area contributed by atoms with Crippen molar-refractivity contribution in [2.24, 2.45) is 5.92 Å². The molecule has 7 heteroatoms. The smallest absolute Gasteiger partial charge is 0.341 e. The third kappa shape index (κ3) is 6.49. The van der Waals surface area contributed by atoms with E-state index in [-0.39, 0.29) is 22.6 Å². The molecule has 0 saturated carbocycles. The molecular weight excluding hydrogens is 370 g/mol. The highest BCUT2D eigenvalue weighted by molar-refractivity contribution is 6.32. The van der Waals surface area contributed by atoms with Crippen molar-refractivity contribution < 1.29 is 24.2 Å². The molecular formula is C20H22ClNO5. The second-order valence-corrected chi connectivity index (χ2v) is 6.61. The molecule has 2 N–H and O–H groups in total. The second-order valence-electron chi connectivity index (χ2n) is 6.20. The van der Waals surface area contributed by atoms with Crippen LogP contribution in [0.5, 0.6) is 11.5 Å². The van der Waals surface area contributed by atoms with Crippen LogP contribution in [0.25, 0.3) is 0 Å². The number of carboxylic acids is 1. The number of para-hydroxylation sites is 1. The number of methoxy groups -OCH3 is 1. The van der Waals surface area contributed by atoms with Gasteiger partial charge in [0.15, 0.2) is 6.61 Å². The predicted octanol–water partition coefficient (Wildman–Crippen LogP) is 4.02. The highest BCUT2D eigenvalue weighted by Crippen LogP contribution is 2.28. The molecule has 0 aliphatic rings. The average molecular weight is 392 g/mol.